The minimum absolute atomic E-state index is 0.298. The molecule has 88 valence electrons. The van der Waals surface area contributed by atoms with Gasteiger partial charge >= 0.3 is 0 Å². The molecular weight excluding hydrogens is 214 g/mol. The van der Waals surface area contributed by atoms with Gasteiger partial charge in [-0.1, -0.05) is 24.3 Å². The van der Waals surface area contributed by atoms with Gasteiger partial charge in [-0.05, 0) is 12.1 Å². The highest BCUT2D eigenvalue weighted by Crippen LogP contribution is 2.33. The van der Waals surface area contributed by atoms with Crippen LogP contribution in [-0.2, 0) is 0 Å². The summed E-state index contributed by atoms with van der Waals surface area (Å²) >= 11 is 0. The molecule has 0 aliphatic carbocycles. The smallest absolute Gasteiger partial charge is 0.127 e. The Balaban J connectivity index is 2.05. The molecule has 3 rings (SSSR count). The Morgan fingerprint density at radius 3 is 2.24 bits per heavy atom. The summed E-state index contributed by atoms with van der Waals surface area (Å²) in [6.45, 7) is 1.86. The van der Waals surface area contributed by atoms with Gasteiger partial charge < -0.3 is 14.8 Å². The van der Waals surface area contributed by atoms with Crippen LogP contribution in [0.5, 0.6) is 11.5 Å². The summed E-state index contributed by atoms with van der Waals surface area (Å²) in [7, 11) is 1.69. The molecule has 0 saturated carbocycles. The minimum Gasteiger partial charge on any atom is -0.496 e. The van der Waals surface area contributed by atoms with E-state index in [1.165, 1.54) is 0 Å². The van der Waals surface area contributed by atoms with Crippen molar-refractivity contribution in [1.82, 2.24) is 5.32 Å². The van der Waals surface area contributed by atoms with Gasteiger partial charge in [-0.15, -0.1) is 0 Å². The van der Waals surface area contributed by atoms with Crippen LogP contribution in [0.2, 0.25) is 0 Å². The Kier molecular flexibility index (Phi) is 2.61. The number of hydrogen-bond acceptors (Lipinski definition) is 3. The molecule has 0 radical (unpaired) electrons. The number of hydrogen-bond donors (Lipinski definition) is 1. The second-order valence-electron chi connectivity index (χ2n) is 4.21. The molecule has 1 fully saturated rings. The molecule has 0 aromatic heterocycles. The van der Waals surface area contributed by atoms with Gasteiger partial charge in [0, 0.05) is 23.9 Å². The van der Waals surface area contributed by atoms with Crippen molar-refractivity contribution in [3.05, 3.63) is 36.4 Å². The van der Waals surface area contributed by atoms with E-state index in [1.54, 1.807) is 7.11 Å². The van der Waals surface area contributed by atoms with Crippen LogP contribution in [0.4, 0.5) is 0 Å². The Morgan fingerprint density at radius 2 is 1.65 bits per heavy atom. The molecular formula is C14H15NO2. The predicted octanol–water partition coefficient (Wildman–Crippen LogP) is 2.20. The zero-order valence-corrected chi connectivity index (χ0v) is 9.77. The van der Waals surface area contributed by atoms with Gasteiger partial charge in [0.15, 0.2) is 0 Å². The van der Waals surface area contributed by atoms with Crippen LogP contribution < -0.4 is 14.8 Å². The van der Waals surface area contributed by atoms with Gasteiger partial charge in [0.05, 0.1) is 7.11 Å². The van der Waals surface area contributed by atoms with Crippen molar-refractivity contribution in [1.29, 1.82) is 0 Å². The SMILES string of the molecule is COc1ccc(OC2CNC2)c2ccccc12. The van der Waals surface area contributed by atoms with E-state index < -0.39 is 0 Å². The van der Waals surface area contributed by atoms with E-state index in [0.29, 0.717) is 6.10 Å². The summed E-state index contributed by atoms with van der Waals surface area (Å²) in [5.41, 5.74) is 0. The topological polar surface area (TPSA) is 30.5 Å². The first-order valence-corrected chi connectivity index (χ1v) is 5.81. The molecule has 1 aliphatic heterocycles. The first kappa shape index (κ1) is 10.4. The largest absolute Gasteiger partial charge is 0.496 e. The fraction of sp³-hybridized carbons (Fsp3) is 0.286. The average molecular weight is 229 g/mol. The molecule has 0 spiro atoms. The lowest BCUT2D eigenvalue weighted by Gasteiger charge is -2.28. The zero-order valence-electron chi connectivity index (χ0n) is 9.77. The van der Waals surface area contributed by atoms with E-state index in [4.69, 9.17) is 9.47 Å². The van der Waals surface area contributed by atoms with Gasteiger partial charge in [-0.2, -0.15) is 0 Å². The lowest BCUT2D eigenvalue weighted by atomic mass is 10.1. The van der Waals surface area contributed by atoms with E-state index in [1.807, 2.05) is 24.3 Å². The van der Waals surface area contributed by atoms with Crippen molar-refractivity contribution in [2.75, 3.05) is 20.2 Å². The maximum atomic E-state index is 5.95. The van der Waals surface area contributed by atoms with E-state index in [2.05, 4.69) is 17.4 Å². The van der Waals surface area contributed by atoms with Crippen molar-refractivity contribution in [3.63, 3.8) is 0 Å². The van der Waals surface area contributed by atoms with Gasteiger partial charge in [-0.3, -0.25) is 0 Å². The summed E-state index contributed by atoms with van der Waals surface area (Å²) in [5, 5.41) is 5.41. The van der Waals surface area contributed by atoms with Crippen LogP contribution in [0.1, 0.15) is 0 Å². The second kappa shape index (κ2) is 4.26. The Bertz CT molecular complexity index is 535. The molecule has 3 nitrogen and oxygen atoms in total. The third-order valence-electron chi connectivity index (χ3n) is 3.10. The molecule has 2 aromatic rings. The van der Waals surface area contributed by atoms with Crippen molar-refractivity contribution in [2.45, 2.75) is 6.10 Å². The summed E-state index contributed by atoms with van der Waals surface area (Å²) in [6, 6.07) is 12.1. The molecule has 0 atom stereocenters. The maximum absolute atomic E-state index is 5.95. The quantitative estimate of drug-likeness (QED) is 0.875. The molecule has 0 amide bonds. The molecule has 0 unspecified atom stereocenters. The highest BCUT2D eigenvalue weighted by Gasteiger charge is 2.19. The van der Waals surface area contributed by atoms with E-state index >= 15 is 0 Å². The Hall–Kier alpha value is -1.74. The van der Waals surface area contributed by atoms with Crippen LogP contribution in [-0.4, -0.2) is 26.3 Å². The number of methoxy groups -OCH3 is 1. The highest BCUT2D eigenvalue weighted by atomic mass is 16.5. The molecule has 1 aliphatic rings. The standard InChI is InChI=1S/C14H15NO2/c1-16-13-6-7-14(17-10-8-15-9-10)12-5-3-2-4-11(12)13/h2-7,10,15H,8-9H2,1H3. The summed E-state index contributed by atoms with van der Waals surface area (Å²) in [6.07, 6.45) is 0.298. The average Bonchev–Trinajstić information content (AvgIpc) is 2.33. The number of ether oxygens (including phenoxy) is 2. The molecule has 1 saturated heterocycles. The van der Waals surface area contributed by atoms with E-state index in [-0.39, 0.29) is 0 Å². The van der Waals surface area contributed by atoms with Gasteiger partial charge in [0.2, 0.25) is 0 Å². The Labute approximate surface area is 100 Å². The van der Waals surface area contributed by atoms with E-state index in [9.17, 15) is 0 Å². The summed E-state index contributed by atoms with van der Waals surface area (Å²) in [5.74, 6) is 1.83. The fourth-order valence-corrected chi connectivity index (χ4v) is 2.05. The van der Waals surface area contributed by atoms with Crippen molar-refractivity contribution >= 4 is 10.8 Å². The first-order chi connectivity index (χ1) is 8.38. The van der Waals surface area contributed by atoms with Gasteiger partial charge in [-0.25, -0.2) is 0 Å². The van der Waals surface area contributed by atoms with Crippen molar-refractivity contribution in [3.8, 4) is 11.5 Å². The molecule has 0 bridgehead atoms. The predicted molar refractivity (Wildman–Crippen MR) is 67.8 cm³/mol. The Morgan fingerprint density at radius 1 is 1.00 bits per heavy atom. The number of nitrogens with one attached hydrogen (secondary N) is 1. The normalized spacial score (nSPS) is 15.6. The second-order valence-corrected chi connectivity index (χ2v) is 4.21. The van der Waals surface area contributed by atoms with Crippen LogP contribution in [0, 0.1) is 0 Å². The number of rotatable bonds is 3. The van der Waals surface area contributed by atoms with Gasteiger partial charge in [0.1, 0.15) is 17.6 Å². The molecule has 1 heterocycles. The third-order valence-corrected chi connectivity index (χ3v) is 3.10. The van der Waals surface area contributed by atoms with Crippen LogP contribution in [0.15, 0.2) is 36.4 Å². The van der Waals surface area contributed by atoms with Crippen molar-refractivity contribution < 1.29 is 9.47 Å². The zero-order chi connectivity index (χ0) is 11.7. The van der Waals surface area contributed by atoms with Crippen LogP contribution >= 0.6 is 0 Å². The highest BCUT2D eigenvalue weighted by molar-refractivity contribution is 5.93. The summed E-state index contributed by atoms with van der Waals surface area (Å²) in [4.78, 5) is 0. The number of fused-ring (bicyclic) bond motifs is 1. The third kappa shape index (κ3) is 1.83. The summed E-state index contributed by atoms with van der Waals surface area (Å²) < 4.78 is 11.3. The monoisotopic (exact) mass is 229 g/mol. The lowest BCUT2D eigenvalue weighted by Crippen LogP contribution is -2.50. The van der Waals surface area contributed by atoms with Crippen LogP contribution in [0.3, 0.4) is 0 Å². The molecule has 2 aromatic carbocycles. The maximum Gasteiger partial charge on any atom is 0.127 e. The lowest BCUT2D eigenvalue weighted by molar-refractivity contribution is 0.144. The van der Waals surface area contributed by atoms with Crippen LogP contribution in [0.25, 0.3) is 10.8 Å². The first-order valence-electron chi connectivity index (χ1n) is 5.81. The van der Waals surface area contributed by atoms with Crippen molar-refractivity contribution in [2.24, 2.45) is 0 Å². The van der Waals surface area contributed by atoms with Gasteiger partial charge in [0.25, 0.3) is 0 Å². The minimum atomic E-state index is 0.298. The fourth-order valence-electron chi connectivity index (χ4n) is 2.05. The molecule has 17 heavy (non-hydrogen) atoms. The number of benzene rings is 2. The van der Waals surface area contributed by atoms with E-state index in [0.717, 1.165) is 35.4 Å². The molecule has 3 heteroatoms. The molecule has 1 N–H and O–H groups in total.